The van der Waals surface area contributed by atoms with Gasteiger partial charge in [0, 0.05) is 6.42 Å². The maximum Gasteiger partial charge on any atom is 0.373 e. The molecular formula is C38H56O8. The molecule has 0 bridgehead atoms. The quantitative estimate of drug-likeness (QED) is 0.0515. The molecule has 0 aliphatic rings. The highest BCUT2D eigenvalue weighted by molar-refractivity contribution is 5.89. The van der Waals surface area contributed by atoms with Gasteiger partial charge in [-0.15, -0.1) is 9.78 Å². The van der Waals surface area contributed by atoms with Crippen molar-refractivity contribution in [3.8, 4) is 11.5 Å². The topological polar surface area (TPSA) is 89.5 Å². The summed E-state index contributed by atoms with van der Waals surface area (Å²) >= 11 is 0. The van der Waals surface area contributed by atoms with E-state index in [0.717, 1.165) is 57.8 Å². The minimum absolute atomic E-state index is 0.101. The fraction of sp³-hybridized carbons (Fsp3) is 0.579. The fourth-order valence-corrected chi connectivity index (χ4v) is 4.68. The first-order valence-electron chi connectivity index (χ1n) is 17.5. The van der Waals surface area contributed by atoms with Crippen LogP contribution in [-0.4, -0.2) is 25.2 Å². The van der Waals surface area contributed by atoms with Gasteiger partial charge < -0.3 is 9.47 Å². The zero-order valence-electron chi connectivity index (χ0n) is 28.2. The molecule has 0 saturated heterocycles. The average Bonchev–Trinajstić information content (AvgIpc) is 3.08. The van der Waals surface area contributed by atoms with E-state index in [-0.39, 0.29) is 6.29 Å². The van der Waals surface area contributed by atoms with Crippen LogP contribution in [0, 0.1) is 13.2 Å². The number of rotatable bonds is 28. The Morgan fingerprint density at radius 2 is 0.891 bits per heavy atom. The van der Waals surface area contributed by atoms with Gasteiger partial charge in [0.05, 0.1) is 24.3 Å². The highest BCUT2D eigenvalue weighted by Gasteiger charge is 2.21. The van der Waals surface area contributed by atoms with E-state index in [1.807, 2.05) is 0 Å². The Morgan fingerprint density at radius 3 is 1.30 bits per heavy atom. The predicted octanol–water partition coefficient (Wildman–Crippen LogP) is 10.7. The maximum absolute atomic E-state index is 12.7. The molecule has 256 valence electrons. The monoisotopic (exact) mass is 640 g/mol. The van der Waals surface area contributed by atoms with Crippen molar-refractivity contribution in [3.05, 3.63) is 72.9 Å². The molecule has 0 aromatic heterocycles. The molecule has 0 spiro atoms. The number of carbonyl (C=O) groups excluding carboxylic acids is 2. The summed E-state index contributed by atoms with van der Waals surface area (Å²) in [6.45, 7) is 9.50. The van der Waals surface area contributed by atoms with Crippen molar-refractivity contribution in [1.82, 2.24) is 0 Å². The number of hydrogen-bond donors (Lipinski definition) is 0. The molecule has 0 amide bonds. The van der Waals surface area contributed by atoms with Gasteiger partial charge in [-0.25, -0.2) is 9.59 Å². The van der Waals surface area contributed by atoms with Crippen LogP contribution < -0.4 is 9.47 Å². The lowest BCUT2D eigenvalue weighted by Crippen LogP contribution is -2.16. The average molecular weight is 641 g/mol. The van der Waals surface area contributed by atoms with E-state index in [1.165, 1.54) is 51.4 Å². The minimum atomic E-state index is -0.700. The molecule has 0 aliphatic carbocycles. The van der Waals surface area contributed by atoms with Crippen molar-refractivity contribution in [3.63, 3.8) is 0 Å². The van der Waals surface area contributed by atoms with Gasteiger partial charge in [-0.05, 0) is 67.8 Å². The third kappa shape index (κ3) is 18.1. The first kappa shape index (κ1) is 39.1. The molecule has 0 N–H and O–H groups in total. The standard InChI is InChI=1S/C38H56O8/c1-4-7-10-13-14-15-16-17-18-21-36(43-45-37(39)32-22-26-34(27-23-32)41-30-19-11-8-5-2)44-46-38(40)33-24-28-35(29-25-33)42-31-20-12-9-6-3/h22-29H,1,4-21,30-31H2,2-3H3. The van der Waals surface area contributed by atoms with Gasteiger partial charge in [-0.1, -0.05) is 111 Å². The Labute approximate surface area is 277 Å². The number of carbonyl (C=O) groups is 2. The van der Waals surface area contributed by atoms with Crippen LogP contribution >= 0.6 is 0 Å². The van der Waals surface area contributed by atoms with E-state index in [2.05, 4.69) is 20.8 Å². The van der Waals surface area contributed by atoms with Crippen molar-refractivity contribution in [1.29, 1.82) is 0 Å². The first-order chi connectivity index (χ1) is 22.6. The molecule has 46 heavy (non-hydrogen) atoms. The van der Waals surface area contributed by atoms with Crippen LogP contribution in [0.25, 0.3) is 0 Å². The van der Waals surface area contributed by atoms with Gasteiger partial charge in [0.1, 0.15) is 11.5 Å². The Bertz CT molecular complexity index is 964. The SMILES string of the molecule is [CH2]CCCCCCCCCC[C](OOC(=O)c1ccc(OCCCCCC)cc1)OOC(=O)c1ccc(OCCCCCC)cc1. The van der Waals surface area contributed by atoms with E-state index in [9.17, 15) is 9.59 Å². The van der Waals surface area contributed by atoms with Gasteiger partial charge in [-0.3, -0.25) is 9.78 Å². The Morgan fingerprint density at radius 1 is 0.500 bits per heavy atom. The summed E-state index contributed by atoms with van der Waals surface area (Å²) in [7, 11) is 0. The number of unbranched alkanes of at least 4 members (excludes halogenated alkanes) is 14. The maximum atomic E-state index is 12.7. The molecule has 0 heterocycles. The Kier molecular flexibility index (Phi) is 22.1. The molecule has 8 heteroatoms. The van der Waals surface area contributed by atoms with Crippen molar-refractivity contribution in [2.24, 2.45) is 0 Å². The zero-order chi connectivity index (χ0) is 33.1. The lowest BCUT2D eigenvalue weighted by Gasteiger charge is -2.14. The molecular weight excluding hydrogens is 584 g/mol. The summed E-state index contributed by atoms with van der Waals surface area (Å²) in [6.07, 6.45) is 18.9. The molecule has 2 rings (SSSR count). The second kappa shape index (κ2) is 26.0. The normalized spacial score (nSPS) is 11.0. The molecule has 8 nitrogen and oxygen atoms in total. The largest absolute Gasteiger partial charge is 0.494 e. The fourth-order valence-electron chi connectivity index (χ4n) is 4.68. The number of benzene rings is 2. The number of ether oxygens (including phenoxy) is 2. The van der Waals surface area contributed by atoms with Crippen molar-refractivity contribution in [2.45, 2.75) is 129 Å². The van der Waals surface area contributed by atoms with Crippen LogP contribution in [0.15, 0.2) is 48.5 Å². The number of hydrogen-bond acceptors (Lipinski definition) is 8. The summed E-state index contributed by atoms with van der Waals surface area (Å²) in [5, 5.41) is 0. The lowest BCUT2D eigenvalue weighted by atomic mass is 10.1. The van der Waals surface area contributed by atoms with Crippen LogP contribution in [0.2, 0.25) is 0 Å². The van der Waals surface area contributed by atoms with E-state index in [0.29, 0.717) is 42.3 Å². The zero-order valence-corrected chi connectivity index (χ0v) is 28.2. The molecule has 0 aliphatic heterocycles. The smallest absolute Gasteiger partial charge is 0.373 e. The summed E-state index contributed by atoms with van der Waals surface area (Å²) < 4.78 is 11.5. The van der Waals surface area contributed by atoms with E-state index in [4.69, 9.17) is 29.0 Å². The second-order valence-electron chi connectivity index (χ2n) is 11.6. The third-order valence-corrected chi connectivity index (χ3v) is 7.51. The highest BCUT2D eigenvalue weighted by atomic mass is 17.3. The summed E-state index contributed by atoms with van der Waals surface area (Å²) in [4.78, 5) is 45.9. The first-order valence-corrected chi connectivity index (χ1v) is 17.5. The second-order valence-corrected chi connectivity index (χ2v) is 11.6. The Balaban J connectivity index is 1.83. The van der Waals surface area contributed by atoms with Crippen molar-refractivity contribution >= 4 is 11.9 Å². The summed E-state index contributed by atoms with van der Waals surface area (Å²) in [5.41, 5.74) is 0.586. The highest BCUT2D eigenvalue weighted by Crippen LogP contribution is 2.21. The molecule has 0 fully saturated rings. The molecule has 2 aromatic carbocycles. The lowest BCUT2D eigenvalue weighted by molar-refractivity contribution is -0.363. The third-order valence-electron chi connectivity index (χ3n) is 7.51. The van der Waals surface area contributed by atoms with Crippen LogP contribution in [0.3, 0.4) is 0 Å². The van der Waals surface area contributed by atoms with Gasteiger partial charge in [0.25, 0.3) is 0 Å². The molecule has 0 saturated carbocycles. The van der Waals surface area contributed by atoms with Crippen molar-refractivity contribution in [2.75, 3.05) is 13.2 Å². The van der Waals surface area contributed by atoms with Crippen molar-refractivity contribution < 1.29 is 38.6 Å². The van der Waals surface area contributed by atoms with E-state index >= 15 is 0 Å². The Hall–Kier alpha value is -3.10. The van der Waals surface area contributed by atoms with E-state index in [1.54, 1.807) is 48.5 Å². The van der Waals surface area contributed by atoms with Crippen LogP contribution in [0.5, 0.6) is 11.5 Å². The minimum Gasteiger partial charge on any atom is -0.494 e. The van der Waals surface area contributed by atoms with E-state index < -0.39 is 11.9 Å². The molecule has 0 atom stereocenters. The van der Waals surface area contributed by atoms with Gasteiger partial charge in [-0.2, -0.15) is 0 Å². The predicted molar refractivity (Wildman–Crippen MR) is 180 cm³/mol. The summed E-state index contributed by atoms with van der Waals surface area (Å²) in [6, 6.07) is 13.4. The van der Waals surface area contributed by atoms with Crippen LogP contribution in [0.1, 0.15) is 150 Å². The molecule has 0 unspecified atom stereocenters. The molecule has 2 aromatic rings. The molecule has 2 radical (unpaired) electrons. The summed E-state index contributed by atoms with van der Waals surface area (Å²) in [5.74, 6) is -0.0280. The van der Waals surface area contributed by atoms with Gasteiger partial charge in [0.2, 0.25) is 0 Å². The van der Waals surface area contributed by atoms with Gasteiger partial charge in [0.15, 0.2) is 0 Å². The van der Waals surface area contributed by atoms with Crippen LogP contribution in [0.4, 0.5) is 0 Å². The van der Waals surface area contributed by atoms with Gasteiger partial charge >= 0.3 is 18.2 Å². The van der Waals surface area contributed by atoms with Crippen LogP contribution in [-0.2, 0) is 19.6 Å².